The number of pyridine rings is 1. The Morgan fingerprint density at radius 3 is 2.73 bits per heavy atom. The molecule has 156 valence electrons. The van der Waals surface area contributed by atoms with Crippen LogP contribution in [0.15, 0.2) is 42.0 Å². The fourth-order valence-corrected chi connectivity index (χ4v) is 5.31. The van der Waals surface area contributed by atoms with Crippen molar-refractivity contribution in [1.82, 2.24) is 19.9 Å². The largest absolute Gasteiger partial charge is 0.379 e. The summed E-state index contributed by atoms with van der Waals surface area (Å²) in [6.45, 7) is 4.46. The smallest absolute Gasteiger partial charge is 0.161 e. The molecule has 0 aromatic carbocycles. The zero-order valence-corrected chi connectivity index (χ0v) is 18.1. The van der Waals surface area contributed by atoms with Crippen LogP contribution >= 0.6 is 11.3 Å². The van der Waals surface area contributed by atoms with E-state index in [1.165, 1.54) is 16.1 Å². The van der Waals surface area contributed by atoms with Gasteiger partial charge in [0.05, 0.1) is 19.3 Å². The van der Waals surface area contributed by atoms with Gasteiger partial charge in [0.2, 0.25) is 0 Å². The molecule has 1 atom stereocenters. The minimum absolute atomic E-state index is 0.343. The number of rotatable bonds is 6. The van der Waals surface area contributed by atoms with E-state index in [0.717, 1.165) is 69.3 Å². The molecular formula is C23H27N5OS. The number of aromatic nitrogens is 3. The van der Waals surface area contributed by atoms with Crippen molar-refractivity contribution in [3.8, 4) is 11.4 Å². The molecule has 0 saturated carbocycles. The van der Waals surface area contributed by atoms with Gasteiger partial charge < -0.3 is 9.64 Å². The summed E-state index contributed by atoms with van der Waals surface area (Å²) in [5.41, 5.74) is 3.55. The molecule has 1 unspecified atom stereocenters. The van der Waals surface area contributed by atoms with Gasteiger partial charge in [-0.1, -0.05) is 6.07 Å². The summed E-state index contributed by atoms with van der Waals surface area (Å²) in [4.78, 5) is 20.4. The van der Waals surface area contributed by atoms with Crippen LogP contribution in [0.1, 0.15) is 28.6 Å². The Bertz CT molecular complexity index is 973. The Morgan fingerprint density at radius 2 is 1.97 bits per heavy atom. The van der Waals surface area contributed by atoms with Gasteiger partial charge in [-0.2, -0.15) is 0 Å². The van der Waals surface area contributed by atoms with Gasteiger partial charge in [-0.3, -0.25) is 9.88 Å². The number of nitrogens with zero attached hydrogens (tertiary/aromatic N) is 5. The average Bonchev–Trinajstić information content (AvgIpc) is 3.50. The number of morpholine rings is 1. The number of ether oxygens (including phenoxy) is 1. The highest BCUT2D eigenvalue weighted by Gasteiger charge is 2.28. The van der Waals surface area contributed by atoms with Crippen molar-refractivity contribution in [1.29, 1.82) is 0 Å². The minimum atomic E-state index is 0.343. The molecule has 30 heavy (non-hydrogen) atoms. The standard InChI is InChI=1S/C23H27N5OS/c1-27(16-20(21-6-3-15-30-21)28-11-13-29-14-12-28)23-18-4-2-5-19(18)25-22(26-23)17-7-9-24-10-8-17/h3,6-10,15,20H,2,4-5,11-14,16H2,1H3. The highest BCUT2D eigenvalue weighted by Crippen LogP contribution is 2.33. The number of aryl methyl sites for hydroxylation is 1. The van der Waals surface area contributed by atoms with E-state index in [0.29, 0.717) is 6.04 Å². The molecule has 7 heteroatoms. The van der Waals surface area contributed by atoms with Gasteiger partial charge in [-0.25, -0.2) is 9.97 Å². The van der Waals surface area contributed by atoms with Crippen molar-refractivity contribution in [2.75, 3.05) is 44.8 Å². The molecule has 0 spiro atoms. The van der Waals surface area contributed by atoms with Crippen molar-refractivity contribution >= 4 is 17.2 Å². The lowest BCUT2D eigenvalue weighted by atomic mass is 10.1. The maximum absolute atomic E-state index is 5.60. The lowest BCUT2D eigenvalue weighted by molar-refractivity contribution is 0.0183. The fraction of sp³-hybridized carbons (Fsp3) is 0.435. The third-order valence-electron chi connectivity index (χ3n) is 6.02. The lowest BCUT2D eigenvalue weighted by Crippen LogP contribution is -2.43. The molecule has 5 rings (SSSR count). The van der Waals surface area contributed by atoms with Crippen molar-refractivity contribution in [2.45, 2.75) is 25.3 Å². The Kier molecular flexibility index (Phi) is 5.75. The highest BCUT2D eigenvalue weighted by molar-refractivity contribution is 7.10. The van der Waals surface area contributed by atoms with Crippen LogP contribution in [0.25, 0.3) is 11.4 Å². The summed E-state index contributed by atoms with van der Waals surface area (Å²) in [5, 5.41) is 2.17. The molecular weight excluding hydrogens is 394 g/mol. The van der Waals surface area contributed by atoms with Gasteiger partial charge in [0.25, 0.3) is 0 Å². The molecule has 1 fully saturated rings. The molecule has 3 aromatic heterocycles. The Morgan fingerprint density at radius 1 is 1.13 bits per heavy atom. The van der Waals surface area contributed by atoms with Crippen LogP contribution in [0, 0.1) is 0 Å². The summed E-state index contributed by atoms with van der Waals surface area (Å²) in [6, 6.07) is 8.73. The molecule has 0 radical (unpaired) electrons. The van der Waals surface area contributed by atoms with Crippen LogP contribution in [0.3, 0.4) is 0 Å². The monoisotopic (exact) mass is 421 g/mol. The van der Waals surface area contributed by atoms with Gasteiger partial charge in [0, 0.05) is 60.8 Å². The first kappa shape index (κ1) is 19.6. The van der Waals surface area contributed by atoms with E-state index >= 15 is 0 Å². The molecule has 0 N–H and O–H groups in total. The van der Waals surface area contributed by atoms with Gasteiger partial charge in [0.15, 0.2) is 5.82 Å². The predicted octanol–water partition coefficient (Wildman–Crippen LogP) is 3.60. The number of fused-ring (bicyclic) bond motifs is 1. The fourth-order valence-electron chi connectivity index (χ4n) is 4.46. The zero-order chi connectivity index (χ0) is 20.3. The minimum Gasteiger partial charge on any atom is -0.379 e. The molecule has 4 heterocycles. The second-order valence-electron chi connectivity index (χ2n) is 7.95. The SMILES string of the molecule is CN(CC(c1cccs1)N1CCOCC1)c1nc(-c2ccncc2)nc2c1CCC2. The number of hydrogen-bond acceptors (Lipinski definition) is 7. The Hall–Kier alpha value is -2.35. The molecule has 0 bridgehead atoms. The summed E-state index contributed by atoms with van der Waals surface area (Å²) in [5.74, 6) is 1.89. The first-order chi connectivity index (χ1) is 14.8. The van der Waals surface area contributed by atoms with Crippen LogP contribution < -0.4 is 4.90 Å². The predicted molar refractivity (Wildman–Crippen MR) is 120 cm³/mol. The first-order valence-corrected chi connectivity index (χ1v) is 11.5. The number of thiophene rings is 1. The summed E-state index contributed by atoms with van der Waals surface area (Å²) in [7, 11) is 2.18. The van der Waals surface area contributed by atoms with E-state index in [2.05, 4.69) is 39.3 Å². The molecule has 1 aliphatic carbocycles. The first-order valence-electron chi connectivity index (χ1n) is 10.7. The molecule has 6 nitrogen and oxygen atoms in total. The third kappa shape index (κ3) is 3.97. The second kappa shape index (κ2) is 8.79. The molecule has 0 amide bonds. The van der Waals surface area contributed by atoms with Gasteiger partial charge in [-0.15, -0.1) is 11.3 Å². The van der Waals surface area contributed by atoms with E-state index in [1.54, 1.807) is 12.4 Å². The van der Waals surface area contributed by atoms with Gasteiger partial charge >= 0.3 is 0 Å². The van der Waals surface area contributed by atoms with Crippen molar-refractivity contribution in [2.24, 2.45) is 0 Å². The number of likely N-dealkylation sites (N-methyl/N-ethyl adjacent to an activating group) is 1. The number of anilines is 1. The van der Waals surface area contributed by atoms with Crippen molar-refractivity contribution in [3.05, 3.63) is 58.2 Å². The molecule has 3 aromatic rings. The van der Waals surface area contributed by atoms with Gasteiger partial charge in [-0.05, 0) is 42.8 Å². The second-order valence-corrected chi connectivity index (χ2v) is 8.92. The maximum atomic E-state index is 5.60. The highest BCUT2D eigenvalue weighted by atomic mass is 32.1. The average molecular weight is 422 g/mol. The summed E-state index contributed by atoms with van der Waals surface area (Å²) < 4.78 is 5.60. The van der Waals surface area contributed by atoms with E-state index < -0.39 is 0 Å². The molecule has 1 aliphatic heterocycles. The zero-order valence-electron chi connectivity index (χ0n) is 17.3. The Labute approximate surface area is 181 Å². The quantitative estimate of drug-likeness (QED) is 0.606. The van der Waals surface area contributed by atoms with E-state index in [9.17, 15) is 0 Å². The van der Waals surface area contributed by atoms with E-state index in [1.807, 2.05) is 23.5 Å². The van der Waals surface area contributed by atoms with Crippen LogP contribution in [0.4, 0.5) is 5.82 Å². The summed E-state index contributed by atoms with van der Waals surface area (Å²) in [6.07, 6.45) is 6.87. The Balaban J connectivity index is 1.47. The normalized spacial score (nSPS) is 17.6. The molecule has 1 saturated heterocycles. The topological polar surface area (TPSA) is 54.4 Å². The maximum Gasteiger partial charge on any atom is 0.161 e. The van der Waals surface area contributed by atoms with Crippen LogP contribution in [0.5, 0.6) is 0 Å². The van der Waals surface area contributed by atoms with Crippen molar-refractivity contribution < 1.29 is 4.74 Å². The van der Waals surface area contributed by atoms with Crippen LogP contribution in [-0.4, -0.2) is 59.7 Å². The van der Waals surface area contributed by atoms with E-state index in [4.69, 9.17) is 14.7 Å². The number of hydrogen-bond donors (Lipinski definition) is 0. The molecule has 2 aliphatic rings. The van der Waals surface area contributed by atoms with Gasteiger partial charge in [0.1, 0.15) is 5.82 Å². The van der Waals surface area contributed by atoms with Crippen LogP contribution in [-0.2, 0) is 17.6 Å². The van der Waals surface area contributed by atoms with Crippen molar-refractivity contribution in [3.63, 3.8) is 0 Å². The van der Waals surface area contributed by atoms with E-state index in [-0.39, 0.29) is 0 Å². The summed E-state index contributed by atoms with van der Waals surface area (Å²) >= 11 is 1.84. The lowest BCUT2D eigenvalue weighted by Gasteiger charge is -2.36. The third-order valence-corrected chi connectivity index (χ3v) is 6.99. The van der Waals surface area contributed by atoms with Crippen LogP contribution in [0.2, 0.25) is 0 Å².